The van der Waals surface area contributed by atoms with Crippen LogP contribution in [0.5, 0.6) is 0 Å². The lowest BCUT2D eigenvalue weighted by atomic mass is 10.6. The van der Waals surface area contributed by atoms with Gasteiger partial charge in [0.2, 0.25) is 6.39 Å². The molecule has 1 aromatic rings. The Bertz CT molecular complexity index is 194. The standard InChI is InChI=1S/C4H5N3O2/c1-5-3(8)4-7-6-2-9-4/h2H,1H3,(H,5,8). The summed E-state index contributed by atoms with van der Waals surface area (Å²) in [7, 11) is 1.49. The maximum Gasteiger partial charge on any atom is 0.308 e. The molecule has 48 valence electrons. The van der Waals surface area contributed by atoms with Gasteiger partial charge in [-0.2, -0.15) is 0 Å². The molecule has 1 aromatic heterocycles. The third kappa shape index (κ3) is 1.04. The van der Waals surface area contributed by atoms with Crippen LogP contribution in [0.1, 0.15) is 10.7 Å². The van der Waals surface area contributed by atoms with Crippen LogP contribution in [-0.4, -0.2) is 23.2 Å². The second-order valence-electron chi connectivity index (χ2n) is 1.32. The predicted molar refractivity (Wildman–Crippen MR) is 27.7 cm³/mol. The summed E-state index contributed by atoms with van der Waals surface area (Å²) in [6, 6.07) is 0. The molecule has 5 heteroatoms. The second-order valence-corrected chi connectivity index (χ2v) is 1.32. The number of amides is 1. The molecule has 0 aliphatic carbocycles. The van der Waals surface area contributed by atoms with Gasteiger partial charge in [0.1, 0.15) is 0 Å². The molecule has 0 aliphatic heterocycles. The van der Waals surface area contributed by atoms with Crippen LogP contribution in [0.15, 0.2) is 10.8 Å². The van der Waals surface area contributed by atoms with Gasteiger partial charge in [-0.05, 0) is 0 Å². The maximum atomic E-state index is 10.6. The number of rotatable bonds is 1. The SMILES string of the molecule is CNC(=O)c1nnco1. The fourth-order valence-electron chi connectivity index (χ4n) is 0.379. The lowest BCUT2D eigenvalue weighted by Gasteiger charge is -1.87. The van der Waals surface area contributed by atoms with Crippen molar-refractivity contribution in [2.45, 2.75) is 0 Å². The summed E-state index contributed by atoms with van der Waals surface area (Å²) in [6.45, 7) is 0. The highest BCUT2D eigenvalue weighted by Crippen LogP contribution is 1.88. The van der Waals surface area contributed by atoms with E-state index < -0.39 is 0 Å². The molecule has 5 nitrogen and oxygen atoms in total. The van der Waals surface area contributed by atoms with Gasteiger partial charge >= 0.3 is 11.8 Å². The molecule has 0 fully saturated rings. The third-order valence-electron chi connectivity index (χ3n) is 0.781. The van der Waals surface area contributed by atoms with Crippen LogP contribution in [0.4, 0.5) is 0 Å². The van der Waals surface area contributed by atoms with Crippen molar-refractivity contribution in [1.29, 1.82) is 0 Å². The lowest BCUT2D eigenvalue weighted by Crippen LogP contribution is -2.17. The highest BCUT2D eigenvalue weighted by molar-refractivity contribution is 5.88. The van der Waals surface area contributed by atoms with E-state index in [4.69, 9.17) is 0 Å². The maximum absolute atomic E-state index is 10.6. The number of hydrogen-bond donors (Lipinski definition) is 1. The summed E-state index contributed by atoms with van der Waals surface area (Å²) in [4.78, 5) is 10.6. The van der Waals surface area contributed by atoms with Gasteiger partial charge in [-0.15, -0.1) is 10.2 Å². The zero-order valence-corrected chi connectivity index (χ0v) is 4.79. The number of carbonyl (C=O) groups is 1. The lowest BCUT2D eigenvalue weighted by molar-refractivity contribution is 0.0928. The minimum atomic E-state index is -0.368. The van der Waals surface area contributed by atoms with Gasteiger partial charge in [0.15, 0.2) is 0 Å². The summed E-state index contributed by atoms with van der Waals surface area (Å²) < 4.78 is 4.55. The van der Waals surface area contributed by atoms with Crippen LogP contribution < -0.4 is 5.32 Å². The van der Waals surface area contributed by atoms with Crippen molar-refractivity contribution < 1.29 is 9.21 Å². The molecule has 0 saturated carbocycles. The summed E-state index contributed by atoms with van der Waals surface area (Å²) >= 11 is 0. The van der Waals surface area contributed by atoms with Gasteiger partial charge in [-0.3, -0.25) is 4.79 Å². The molecule has 1 heterocycles. The molecular weight excluding hydrogens is 122 g/mol. The topological polar surface area (TPSA) is 68.0 Å². The predicted octanol–water partition coefficient (Wildman–Crippen LogP) is -0.571. The van der Waals surface area contributed by atoms with Crippen molar-refractivity contribution in [3.8, 4) is 0 Å². The molecule has 1 N–H and O–H groups in total. The smallest absolute Gasteiger partial charge is 0.308 e. The molecule has 1 amide bonds. The normalized spacial score (nSPS) is 9.00. The Labute approximate surface area is 51.1 Å². The average molecular weight is 127 g/mol. The Balaban J connectivity index is 2.77. The van der Waals surface area contributed by atoms with E-state index in [-0.39, 0.29) is 11.8 Å². The Morgan fingerprint density at radius 2 is 2.67 bits per heavy atom. The molecule has 0 aliphatic rings. The average Bonchev–Trinajstić information content (AvgIpc) is 2.37. The molecule has 1 rings (SSSR count). The highest BCUT2D eigenvalue weighted by atomic mass is 16.4. The summed E-state index contributed by atoms with van der Waals surface area (Å²) in [5.74, 6) is -0.384. The van der Waals surface area contributed by atoms with Gasteiger partial charge in [0.25, 0.3) is 0 Å². The first-order valence-electron chi connectivity index (χ1n) is 2.33. The zero-order chi connectivity index (χ0) is 6.69. The Morgan fingerprint density at radius 1 is 1.89 bits per heavy atom. The Kier molecular flexibility index (Phi) is 1.44. The zero-order valence-electron chi connectivity index (χ0n) is 4.79. The first-order valence-corrected chi connectivity index (χ1v) is 2.33. The minimum Gasteiger partial charge on any atom is -0.420 e. The first-order chi connectivity index (χ1) is 4.34. The van der Waals surface area contributed by atoms with E-state index >= 15 is 0 Å². The van der Waals surface area contributed by atoms with Crippen LogP contribution in [0.25, 0.3) is 0 Å². The molecule has 0 aromatic carbocycles. The van der Waals surface area contributed by atoms with Gasteiger partial charge in [0, 0.05) is 7.05 Å². The fourth-order valence-corrected chi connectivity index (χ4v) is 0.379. The molecule has 0 atom stereocenters. The van der Waals surface area contributed by atoms with Gasteiger partial charge < -0.3 is 9.73 Å². The fraction of sp³-hybridized carbons (Fsp3) is 0.250. The van der Waals surface area contributed by atoms with Crippen molar-refractivity contribution in [3.05, 3.63) is 12.3 Å². The molecular formula is C4H5N3O2. The molecule has 0 radical (unpaired) electrons. The van der Waals surface area contributed by atoms with Crippen LogP contribution in [0, 0.1) is 0 Å². The number of nitrogens with one attached hydrogen (secondary N) is 1. The van der Waals surface area contributed by atoms with Crippen LogP contribution in [-0.2, 0) is 0 Å². The van der Waals surface area contributed by atoms with E-state index in [2.05, 4.69) is 19.9 Å². The number of aromatic nitrogens is 2. The van der Waals surface area contributed by atoms with Crippen molar-refractivity contribution in [3.63, 3.8) is 0 Å². The van der Waals surface area contributed by atoms with E-state index in [1.54, 1.807) is 0 Å². The summed E-state index contributed by atoms with van der Waals surface area (Å²) in [5, 5.41) is 9.00. The summed E-state index contributed by atoms with van der Waals surface area (Å²) in [5.41, 5.74) is 0. The minimum absolute atomic E-state index is 0.0162. The summed E-state index contributed by atoms with van der Waals surface area (Å²) in [6.07, 6.45) is 1.10. The van der Waals surface area contributed by atoms with Crippen LogP contribution in [0.3, 0.4) is 0 Å². The third-order valence-corrected chi connectivity index (χ3v) is 0.781. The molecule has 0 unspecified atom stereocenters. The monoisotopic (exact) mass is 127 g/mol. The second kappa shape index (κ2) is 2.25. The van der Waals surface area contributed by atoms with E-state index in [0.29, 0.717) is 0 Å². The highest BCUT2D eigenvalue weighted by Gasteiger charge is 2.06. The van der Waals surface area contributed by atoms with Gasteiger partial charge in [-0.25, -0.2) is 0 Å². The Hall–Kier alpha value is -1.39. The number of carbonyl (C=O) groups excluding carboxylic acids is 1. The number of nitrogens with zero attached hydrogens (tertiary/aromatic N) is 2. The quantitative estimate of drug-likeness (QED) is 0.548. The van der Waals surface area contributed by atoms with Gasteiger partial charge in [-0.1, -0.05) is 0 Å². The van der Waals surface area contributed by atoms with Crippen molar-refractivity contribution >= 4 is 5.91 Å². The molecule has 9 heavy (non-hydrogen) atoms. The van der Waals surface area contributed by atoms with E-state index in [1.807, 2.05) is 0 Å². The van der Waals surface area contributed by atoms with E-state index in [0.717, 1.165) is 6.39 Å². The van der Waals surface area contributed by atoms with Crippen LogP contribution >= 0.6 is 0 Å². The van der Waals surface area contributed by atoms with E-state index in [1.165, 1.54) is 7.05 Å². The van der Waals surface area contributed by atoms with Gasteiger partial charge in [0.05, 0.1) is 0 Å². The Morgan fingerprint density at radius 3 is 3.11 bits per heavy atom. The molecule has 0 bridgehead atoms. The molecule has 0 saturated heterocycles. The van der Waals surface area contributed by atoms with Crippen LogP contribution in [0.2, 0.25) is 0 Å². The van der Waals surface area contributed by atoms with E-state index in [9.17, 15) is 4.79 Å². The van der Waals surface area contributed by atoms with Crippen molar-refractivity contribution in [2.75, 3.05) is 7.05 Å². The largest absolute Gasteiger partial charge is 0.420 e. The van der Waals surface area contributed by atoms with Crippen molar-refractivity contribution in [1.82, 2.24) is 15.5 Å². The molecule has 0 spiro atoms. The van der Waals surface area contributed by atoms with Crippen molar-refractivity contribution in [2.24, 2.45) is 0 Å². The number of hydrogen-bond acceptors (Lipinski definition) is 4. The first kappa shape index (κ1) is 5.74.